The number of benzene rings is 1. The monoisotopic (exact) mass is 324 g/mol. The second-order valence-electron chi connectivity index (χ2n) is 7.76. The predicted octanol–water partition coefficient (Wildman–Crippen LogP) is 4.08. The molecule has 0 spiro atoms. The molecule has 0 saturated heterocycles. The zero-order valence-corrected chi connectivity index (χ0v) is 15.3. The number of hydrogen-bond acceptors (Lipinski definition) is 3. The number of nitrogens with zero attached hydrogens (tertiary/aromatic N) is 1. The highest BCUT2D eigenvalue weighted by Gasteiger charge is 2.20. The van der Waals surface area contributed by atoms with Crippen molar-refractivity contribution in [3.63, 3.8) is 0 Å². The number of alkyl carbamates (subject to hydrolysis) is 1. The third-order valence-corrected chi connectivity index (χ3v) is 3.58. The zero-order valence-electron chi connectivity index (χ0n) is 15.3. The van der Waals surface area contributed by atoms with Crippen LogP contribution in [0.4, 0.5) is 9.18 Å². The fraction of sp³-hybridized carbons (Fsp3) is 0.611. The number of carbonyl (C=O) groups excluding carboxylic acids is 1. The normalized spacial score (nSPS) is 12.4. The summed E-state index contributed by atoms with van der Waals surface area (Å²) in [4.78, 5) is 13.9. The van der Waals surface area contributed by atoms with Crippen LogP contribution in [0.3, 0.4) is 0 Å². The van der Waals surface area contributed by atoms with Gasteiger partial charge in [-0.3, -0.25) is 4.90 Å². The zero-order chi connectivity index (χ0) is 17.8. The van der Waals surface area contributed by atoms with Gasteiger partial charge in [0.05, 0.1) is 0 Å². The molecule has 23 heavy (non-hydrogen) atoms. The minimum atomic E-state index is -0.575. The molecule has 0 aliphatic rings. The van der Waals surface area contributed by atoms with Gasteiger partial charge in [0, 0.05) is 24.2 Å². The van der Waals surface area contributed by atoms with Gasteiger partial charge >= 0.3 is 6.09 Å². The predicted molar refractivity (Wildman–Crippen MR) is 90.7 cm³/mol. The van der Waals surface area contributed by atoms with E-state index in [0.29, 0.717) is 12.1 Å². The smallest absolute Gasteiger partial charge is 0.407 e. The number of carbonyl (C=O) groups is 1. The maximum Gasteiger partial charge on any atom is 0.407 e. The summed E-state index contributed by atoms with van der Waals surface area (Å²) < 4.78 is 19.4. The maximum atomic E-state index is 14.2. The van der Waals surface area contributed by atoms with E-state index < -0.39 is 11.7 Å². The van der Waals surface area contributed by atoms with E-state index >= 15 is 0 Å². The summed E-state index contributed by atoms with van der Waals surface area (Å²) in [5, 5.41) is 2.63. The van der Waals surface area contributed by atoms with Gasteiger partial charge in [-0.1, -0.05) is 12.1 Å². The Morgan fingerprint density at radius 1 is 1.22 bits per heavy atom. The molecule has 4 nitrogen and oxygen atoms in total. The van der Waals surface area contributed by atoms with Gasteiger partial charge in [0.25, 0.3) is 0 Å². The van der Waals surface area contributed by atoms with Crippen LogP contribution in [0.1, 0.15) is 52.7 Å². The molecule has 0 saturated carbocycles. The van der Waals surface area contributed by atoms with Gasteiger partial charge in [-0.25, -0.2) is 9.18 Å². The number of hydrogen-bond donors (Lipinski definition) is 1. The van der Waals surface area contributed by atoms with Crippen LogP contribution >= 0.6 is 0 Å². The molecule has 0 aliphatic carbocycles. The van der Waals surface area contributed by atoms with Crippen molar-refractivity contribution < 1.29 is 13.9 Å². The van der Waals surface area contributed by atoms with Gasteiger partial charge in [0.15, 0.2) is 0 Å². The first-order valence-electron chi connectivity index (χ1n) is 7.84. The number of halogens is 1. The summed E-state index contributed by atoms with van der Waals surface area (Å²) in [6, 6.07) is 4.99. The largest absolute Gasteiger partial charge is 0.444 e. The van der Waals surface area contributed by atoms with Crippen LogP contribution in [0.5, 0.6) is 0 Å². The number of ether oxygens (including phenoxy) is 1. The minimum absolute atomic E-state index is 0.0256. The maximum absolute atomic E-state index is 14.2. The molecule has 0 aromatic heterocycles. The molecule has 130 valence electrons. The first kappa shape index (κ1) is 19.4. The quantitative estimate of drug-likeness (QED) is 0.907. The van der Waals surface area contributed by atoms with E-state index in [4.69, 9.17) is 4.74 Å². The molecular formula is C18H29FN2O2. The Morgan fingerprint density at radius 3 is 2.35 bits per heavy atom. The standard InChI is InChI=1S/C18H29FN2O2/c1-17(2,3)21(7)12-13-9-8-10-15(19)14(13)11-20-16(22)23-18(4,5)6/h8-10H,11-12H2,1-7H3,(H,20,22). The topological polar surface area (TPSA) is 41.6 Å². The molecule has 0 heterocycles. The van der Waals surface area contributed by atoms with Crippen molar-refractivity contribution in [1.82, 2.24) is 10.2 Å². The first-order valence-corrected chi connectivity index (χ1v) is 7.84. The fourth-order valence-electron chi connectivity index (χ4n) is 1.92. The van der Waals surface area contributed by atoms with Crippen LogP contribution in [-0.4, -0.2) is 29.2 Å². The molecule has 0 bridgehead atoms. The number of amides is 1. The molecule has 1 aromatic rings. The minimum Gasteiger partial charge on any atom is -0.444 e. The molecule has 0 unspecified atom stereocenters. The Labute approximate surface area is 139 Å². The SMILES string of the molecule is CN(Cc1cccc(F)c1CNC(=O)OC(C)(C)C)C(C)(C)C. The number of rotatable bonds is 4. The van der Waals surface area contributed by atoms with Crippen molar-refractivity contribution in [2.24, 2.45) is 0 Å². The molecule has 1 N–H and O–H groups in total. The third kappa shape index (κ3) is 6.57. The molecule has 0 aliphatic heterocycles. The van der Waals surface area contributed by atoms with Gasteiger partial charge in [-0.15, -0.1) is 0 Å². The van der Waals surface area contributed by atoms with Crippen LogP contribution in [0, 0.1) is 5.82 Å². The molecule has 0 fully saturated rings. The summed E-state index contributed by atoms with van der Waals surface area (Å²) in [5.74, 6) is -0.319. The highest BCUT2D eigenvalue weighted by atomic mass is 19.1. The van der Waals surface area contributed by atoms with Gasteiger partial charge < -0.3 is 10.1 Å². The molecule has 1 aromatic carbocycles. The van der Waals surface area contributed by atoms with Crippen molar-refractivity contribution >= 4 is 6.09 Å². The van der Waals surface area contributed by atoms with Crippen molar-refractivity contribution in [2.45, 2.75) is 65.8 Å². The van der Waals surface area contributed by atoms with Gasteiger partial charge in [-0.2, -0.15) is 0 Å². The average molecular weight is 324 g/mol. The third-order valence-electron chi connectivity index (χ3n) is 3.58. The lowest BCUT2D eigenvalue weighted by Crippen LogP contribution is -2.38. The molecule has 1 rings (SSSR count). The van der Waals surface area contributed by atoms with Gasteiger partial charge in [0.1, 0.15) is 11.4 Å². The molecule has 5 heteroatoms. The van der Waals surface area contributed by atoms with E-state index in [0.717, 1.165) is 5.56 Å². The lowest BCUT2D eigenvalue weighted by Gasteiger charge is -2.32. The van der Waals surface area contributed by atoms with Gasteiger partial charge in [-0.05, 0) is 60.2 Å². The fourth-order valence-corrected chi connectivity index (χ4v) is 1.92. The van der Waals surface area contributed by atoms with Crippen LogP contribution in [-0.2, 0) is 17.8 Å². The first-order chi connectivity index (χ1) is 10.4. The van der Waals surface area contributed by atoms with Crippen LogP contribution in [0.15, 0.2) is 18.2 Å². The Balaban J connectivity index is 2.84. The number of nitrogens with one attached hydrogen (secondary N) is 1. The van der Waals surface area contributed by atoms with Crippen molar-refractivity contribution in [1.29, 1.82) is 0 Å². The second-order valence-corrected chi connectivity index (χ2v) is 7.76. The van der Waals surface area contributed by atoms with Crippen LogP contribution in [0.25, 0.3) is 0 Å². The van der Waals surface area contributed by atoms with E-state index in [9.17, 15) is 9.18 Å². The average Bonchev–Trinajstić information content (AvgIpc) is 2.34. The van der Waals surface area contributed by atoms with Gasteiger partial charge in [0.2, 0.25) is 0 Å². The summed E-state index contributed by atoms with van der Waals surface area (Å²) in [6.45, 7) is 12.4. The van der Waals surface area contributed by atoms with E-state index in [-0.39, 0.29) is 17.9 Å². The van der Waals surface area contributed by atoms with Crippen molar-refractivity contribution in [3.05, 3.63) is 35.1 Å². The summed E-state index contributed by atoms with van der Waals surface area (Å²) in [7, 11) is 2.00. The van der Waals surface area contributed by atoms with Crippen molar-refractivity contribution in [3.8, 4) is 0 Å². The molecular weight excluding hydrogens is 295 g/mol. The van der Waals surface area contributed by atoms with Crippen molar-refractivity contribution in [2.75, 3.05) is 7.05 Å². The Kier molecular flexibility index (Phi) is 6.17. The lowest BCUT2D eigenvalue weighted by atomic mass is 10.0. The van der Waals surface area contributed by atoms with Crippen LogP contribution in [0.2, 0.25) is 0 Å². The summed E-state index contributed by atoms with van der Waals surface area (Å²) >= 11 is 0. The highest BCUT2D eigenvalue weighted by molar-refractivity contribution is 5.67. The van der Waals surface area contributed by atoms with E-state index in [1.807, 2.05) is 13.1 Å². The summed E-state index contributed by atoms with van der Waals surface area (Å²) in [6.07, 6.45) is -0.545. The second kappa shape index (κ2) is 7.30. The van der Waals surface area contributed by atoms with Crippen LogP contribution < -0.4 is 5.32 Å². The lowest BCUT2D eigenvalue weighted by molar-refractivity contribution is 0.0523. The summed E-state index contributed by atoms with van der Waals surface area (Å²) in [5.41, 5.74) is 0.754. The highest BCUT2D eigenvalue weighted by Crippen LogP contribution is 2.20. The van der Waals surface area contributed by atoms with E-state index in [1.165, 1.54) is 6.07 Å². The van der Waals surface area contributed by atoms with E-state index in [2.05, 4.69) is 31.0 Å². The molecule has 0 atom stereocenters. The molecule has 1 amide bonds. The Bertz CT molecular complexity index is 545. The molecule has 0 radical (unpaired) electrons. The Hall–Kier alpha value is -1.62. The Morgan fingerprint density at radius 2 is 1.83 bits per heavy atom. The van der Waals surface area contributed by atoms with E-state index in [1.54, 1.807) is 26.8 Å².